The van der Waals surface area contributed by atoms with Crippen LogP contribution in [0.1, 0.15) is 18.9 Å². The van der Waals surface area contributed by atoms with Crippen molar-refractivity contribution in [3.8, 4) is 11.5 Å². The van der Waals surface area contributed by atoms with Gasteiger partial charge in [-0.25, -0.2) is 14.4 Å². The molecule has 1 aromatic heterocycles. The number of aromatic nitrogens is 2. The maximum atomic E-state index is 12.4. The molecular weight excluding hydrogens is 454 g/mol. The summed E-state index contributed by atoms with van der Waals surface area (Å²) in [7, 11) is 0. The quantitative estimate of drug-likeness (QED) is 0.474. The molecule has 10 nitrogen and oxygen atoms in total. The summed E-state index contributed by atoms with van der Waals surface area (Å²) in [5.41, 5.74) is 1.91. The summed E-state index contributed by atoms with van der Waals surface area (Å²) < 4.78 is 13.8. The molecule has 2 aliphatic heterocycles. The van der Waals surface area contributed by atoms with Crippen LogP contribution in [-0.4, -0.2) is 68.9 Å². The Hall–Kier alpha value is -4.05. The highest BCUT2D eigenvalue weighted by atomic mass is 16.6. The Balaban J connectivity index is 0.000000314. The molecule has 1 atom stereocenters. The van der Waals surface area contributed by atoms with Crippen LogP contribution in [0.2, 0.25) is 0 Å². The van der Waals surface area contributed by atoms with Gasteiger partial charge in [0, 0.05) is 37.8 Å². The average Bonchev–Trinajstić information content (AvgIpc) is 3.19. The second-order valence-electron chi connectivity index (χ2n) is 8.36. The number of para-hydroxylation sites is 4. The first-order chi connectivity index (χ1) is 16.9. The molecule has 184 valence electrons. The molecular formula is C25H27N3O7. The number of carboxylic acids is 2. The molecule has 3 N–H and O–H groups in total. The fourth-order valence-electron chi connectivity index (χ4n) is 4.38. The minimum Gasteiger partial charge on any atom is -0.486 e. The van der Waals surface area contributed by atoms with Crippen molar-refractivity contribution in [1.29, 1.82) is 0 Å². The Morgan fingerprint density at radius 1 is 0.971 bits per heavy atom. The second-order valence-corrected chi connectivity index (χ2v) is 8.36. The fraction of sp³-hybridized carbons (Fsp3) is 0.320. The zero-order chi connectivity index (χ0) is 24.8. The summed E-state index contributed by atoms with van der Waals surface area (Å²) in [6.45, 7) is 3.35. The van der Waals surface area contributed by atoms with E-state index in [1.54, 1.807) is 0 Å². The van der Waals surface area contributed by atoms with Crippen LogP contribution in [0, 0.1) is 0 Å². The number of fused-ring (bicyclic) bond motifs is 2. The van der Waals surface area contributed by atoms with Crippen LogP contribution in [-0.2, 0) is 9.59 Å². The van der Waals surface area contributed by atoms with Gasteiger partial charge in [-0.1, -0.05) is 24.3 Å². The molecule has 0 radical (unpaired) electrons. The van der Waals surface area contributed by atoms with E-state index < -0.39 is 11.9 Å². The van der Waals surface area contributed by atoms with Crippen LogP contribution in [0.15, 0.2) is 65.5 Å². The van der Waals surface area contributed by atoms with Gasteiger partial charge in [-0.3, -0.25) is 9.47 Å². The number of benzene rings is 2. The van der Waals surface area contributed by atoms with Crippen molar-refractivity contribution in [2.24, 2.45) is 0 Å². The van der Waals surface area contributed by atoms with Gasteiger partial charge in [0.25, 0.3) is 0 Å². The molecule has 10 heteroatoms. The Morgan fingerprint density at radius 3 is 2.29 bits per heavy atom. The number of piperidine rings is 1. The molecule has 5 rings (SSSR count). The fourth-order valence-corrected chi connectivity index (χ4v) is 4.38. The highest BCUT2D eigenvalue weighted by Gasteiger charge is 2.27. The molecule has 0 spiro atoms. The van der Waals surface area contributed by atoms with Gasteiger partial charge in [-0.2, -0.15) is 0 Å². The molecule has 0 saturated carbocycles. The van der Waals surface area contributed by atoms with Crippen LogP contribution in [0.3, 0.4) is 0 Å². The Bertz CT molecular complexity index is 1260. The summed E-state index contributed by atoms with van der Waals surface area (Å²) in [5.74, 6) is -0.861. The topological polar surface area (TPSA) is 134 Å². The van der Waals surface area contributed by atoms with Gasteiger partial charge in [0.2, 0.25) is 0 Å². The summed E-state index contributed by atoms with van der Waals surface area (Å²) in [5, 5.41) is 15.6. The van der Waals surface area contributed by atoms with E-state index in [2.05, 4.69) is 9.88 Å². The van der Waals surface area contributed by atoms with E-state index in [0.29, 0.717) is 18.8 Å². The molecule has 3 heterocycles. The number of nitrogens with zero attached hydrogens (tertiary/aromatic N) is 2. The summed E-state index contributed by atoms with van der Waals surface area (Å²) in [6.07, 6.45) is 3.09. The van der Waals surface area contributed by atoms with Crippen LogP contribution in [0.5, 0.6) is 11.5 Å². The van der Waals surface area contributed by atoms with Gasteiger partial charge in [0.05, 0.1) is 11.0 Å². The number of rotatable bonds is 5. The lowest BCUT2D eigenvalue weighted by Crippen LogP contribution is -2.45. The number of likely N-dealkylation sites (tertiary alicyclic amines) is 1. The van der Waals surface area contributed by atoms with Gasteiger partial charge in [-0.15, -0.1) is 0 Å². The Labute approximate surface area is 201 Å². The molecule has 1 unspecified atom stereocenters. The number of aromatic amines is 1. The van der Waals surface area contributed by atoms with Gasteiger partial charge >= 0.3 is 17.6 Å². The Kier molecular flexibility index (Phi) is 7.51. The zero-order valence-corrected chi connectivity index (χ0v) is 19.0. The average molecular weight is 482 g/mol. The first kappa shape index (κ1) is 24.1. The van der Waals surface area contributed by atoms with E-state index in [9.17, 15) is 14.4 Å². The van der Waals surface area contributed by atoms with E-state index in [1.165, 1.54) is 0 Å². The van der Waals surface area contributed by atoms with E-state index in [1.807, 2.05) is 53.1 Å². The van der Waals surface area contributed by atoms with E-state index in [-0.39, 0.29) is 17.8 Å². The second kappa shape index (κ2) is 10.9. The number of H-pyrrole nitrogens is 1. The van der Waals surface area contributed by atoms with E-state index in [4.69, 9.17) is 19.7 Å². The summed E-state index contributed by atoms with van der Waals surface area (Å²) in [6, 6.07) is 16.0. The smallest absolute Gasteiger partial charge is 0.328 e. The molecule has 1 saturated heterocycles. The molecule has 2 aliphatic rings. The lowest BCUT2D eigenvalue weighted by Gasteiger charge is -2.36. The minimum atomic E-state index is -1.26. The number of aliphatic carboxylic acids is 2. The molecule has 0 amide bonds. The maximum absolute atomic E-state index is 12.4. The van der Waals surface area contributed by atoms with Crippen molar-refractivity contribution < 1.29 is 29.3 Å². The first-order valence-corrected chi connectivity index (χ1v) is 11.3. The van der Waals surface area contributed by atoms with Crippen LogP contribution >= 0.6 is 0 Å². The lowest BCUT2D eigenvalue weighted by molar-refractivity contribution is -0.134. The molecule has 35 heavy (non-hydrogen) atoms. The maximum Gasteiger partial charge on any atom is 0.328 e. The number of hydrogen-bond acceptors (Lipinski definition) is 6. The normalized spacial score (nSPS) is 18.2. The van der Waals surface area contributed by atoms with Gasteiger partial charge < -0.3 is 24.7 Å². The van der Waals surface area contributed by atoms with Gasteiger partial charge in [0.1, 0.15) is 12.7 Å². The SMILES string of the molecule is O=C(O)/C=C\C(=O)O.O=c1[nH]c2ccccc2n1C1CCN(CC2COc3ccccc3O2)CC1. The summed E-state index contributed by atoms with van der Waals surface area (Å²) in [4.78, 5) is 36.9. The standard InChI is InChI=1S/C21H23N3O3.C4H4O4/c25-21-22-17-5-1-2-6-18(17)24(21)15-9-11-23(12-10-15)13-16-14-26-19-7-3-4-8-20(19)27-16;5-3(6)1-2-4(7)8/h1-8,15-16H,9-14H2,(H,22,25);1-2H,(H,5,6)(H,7,8)/b;2-1-. The third-order valence-electron chi connectivity index (χ3n) is 5.94. The summed E-state index contributed by atoms with van der Waals surface area (Å²) >= 11 is 0. The van der Waals surface area contributed by atoms with E-state index >= 15 is 0 Å². The number of imidazole rings is 1. The van der Waals surface area contributed by atoms with Crippen LogP contribution < -0.4 is 15.2 Å². The third-order valence-corrected chi connectivity index (χ3v) is 5.94. The molecule has 3 aromatic rings. The minimum absolute atomic E-state index is 0.00438. The van der Waals surface area contributed by atoms with E-state index in [0.717, 1.165) is 55.0 Å². The van der Waals surface area contributed by atoms with Crippen molar-refractivity contribution in [2.45, 2.75) is 25.0 Å². The highest BCUT2D eigenvalue weighted by Crippen LogP contribution is 2.31. The number of hydrogen-bond donors (Lipinski definition) is 3. The third kappa shape index (κ3) is 6.10. The monoisotopic (exact) mass is 481 g/mol. The number of nitrogens with one attached hydrogen (secondary N) is 1. The molecule has 0 bridgehead atoms. The van der Waals surface area contributed by atoms with Gasteiger partial charge in [-0.05, 0) is 37.1 Å². The first-order valence-electron chi connectivity index (χ1n) is 11.3. The zero-order valence-electron chi connectivity index (χ0n) is 19.0. The Morgan fingerprint density at radius 2 is 1.60 bits per heavy atom. The number of ether oxygens (including phenoxy) is 2. The van der Waals surface area contributed by atoms with Crippen molar-refractivity contribution >= 4 is 23.0 Å². The number of carboxylic acid groups (broad SMARTS) is 2. The van der Waals surface area contributed by atoms with Crippen LogP contribution in [0.25, 0.3) is 11.0 Å². The molecule has 2 aromatic carbocycles. The van der Waals surface area contributed by atoms with Crippen LogP contribution in [0.4, 0.5) is 0 Å². The van der Waals surface area contributed by atoms with Crippen molar-refractivity contribution in [3.05, 3.63) is 71.2 Å². The van der Waals surface area contributed by atoms with Crippen molar-refractivity contribution in [1.82, 2.24) is 14.5 Å². The number of carbonyl (C=O) groups is 2. The predicted octanol–water partition coefficient (Wildman–Crippen LogP) is 2.52. The predicted molar refractivity (Wildman–Crippen MR) is 128 cm³/mol. The lowest BCUT2D eigenvalue weighted by atomic mass is 10.0. The largest absolute Gasteiger partial charge is 0.486 e. The van der Waals surface area contributed by atoms with Crippen molar-refractivity contribution in [3.63, 3.8) is 0 Å². The molecule has 0 aliphatic carbocycles. The highest BCUT2D eigenvalue weighted by molar-refractivity contribution is 5.89. The van der Waals surface area contributed by atoms with Crippen molar-refractivity contribution in [2.75, 3.05) is 26.2 Å². The molecule has 1 fully saturated rings. The van der Waals surface area contributed by atoms with Gasteiger partial charge in [0.15, 0.2) is 11.5 Å².